The van der Waals surface area contributed by atoms with Crippen molar-refractivity contribution in [3.63, 3.8) is 0 Å². The number of nitriles is 1. The van der Waals surface area contributed by atoms with Crippen LogP contribution in [0.1, 0.15) is 69.9 Å². The Hall–Kier alpha value is -1.60. The van der Waals surface area contributed by atoms with Crippen LogP contribution in [0.3, 0.4) is 0 Å². The molecule has 1 aliphatic rings. The molecule has 0 saturated heterocycles. The second-order valence-electron chi connectivity index (χ2n) is 4.52. The lowest BCUT2D eigenvalue weighted by Crippen LogP contribution is -2.52. The molecule has 122 valence electrons. The van der Waals surface area contributed by atoms with Crippen LogP contribution in [0.5, 0.6) is 0 Å². The normalized spacial score (nSPS) is 14.0. The van der Waals surface area contributed by atoms with Crippen molar-refractivity contribution in [3.05, 3.63) is 28.5 Å². The van der Waals surface area contributed by atoms with Gasteiger partial charge in [-0.2, -0.15) is 5.26 Å². The van der Waals surface area contributed by atoms with Crippen LogP contribution in [0.4, 0.5) is 0 Å². The molecule has 0 unspecified atom stereocenters. The third-order valence-electron chi connectivity index (χ3n) is 3.32. The van der Waals surface area contributed by atoms with E-state index in [4.69, 9.17) is 16.9 Å². The van der Waals surface area contributed by atoms with E-state index in [1.54, 1.807) is 12.3 Å². The van der Waals surface area contributed by atoms with Gasteiger partial charge in [-0.15, -0.1) is 0 Å². The Balaban J connectivity index is 0.00000102. The number of hydrogen-bond donors (Lipinski definition) is 1. The zero-order valence-corrected chi connectivity index (χ0v) is 14.9. The zero-order valence-electron chi connectivity index (χ0n) is 14.2. The summed E-state index contributed by atoms with van der Waals surface area (Å²) in [5, 5.41) is 12.3. The Morgan fingerprint density at radius 2 is 2.00 bits per heavy atom. The Kier molecular flexibility index (Phi) is 9.44. The molecule has 0 bridgehead atoms. The third-order valence-corrected chi connectivity index (χ3v) is 3.67. The summed E-state index contributed by atoms with van der Waals surface area (Å²) < 4.78 is 0. The van der Waals surface area contributed by atoms with Gasteiger partial charge in [0.05, 0.1) is 6.07 Å². The molecule has 4 nitrogen and oxygen atoms in total. The summed E-state index contributed by atoms with van der Waals surface area (Å²) in [6.07, 6.45) is 4.76. The van der Waals surface area contributed by atoms with Gasteiger partial charge in [0.15, 0.2) is 0 Å². The number of aryl methyl sites for hydroxylation is 1. The molecule has 1 N–H and O–H groups in total. The average molecular weight is 324 g/mol. The first-order valence-corrected chi connectivity index (χ1v) is 8.36. The maximum atomic E-state index is 12.0. The monoisotopic (exact) mass is 323 g/mol. The van der Waals surface area contributed by atoms with Crippen molar-refractivity contribution in [2.45, 2.75) is 65.8 Å². The Bertz CT molecular complexity index is 519. The molecule has 0 aliphatic heterocycles. The number of nitrogens with one attached hydrogen (secondary N) is 1. The lowest BCUT2D eigenvalue weighted by Gasteiger charge is -2.35. The molecular weight excluding hydrogens is 298 g/mol. The molecule has 1 amide bonds. The number of halogens is 1. The largest absolute Gasteiger partial charge is 0.332 e. The number of hydrogen-bond acceptors (Lipinski definition) is 3. The van der Waals surface area contributed by atoms with E-state index in [1.807, 2.05) is 34.6 Å². The molecule has 0 radical (unpaired) electrons. The minimum Gasteiger partial charge on any atom is -0.332 e. The summed E-state index contributed by atoms with van der Waals surface area (Å²) in [7, 11) is 0. The van der Waals surface area contributed by atoms with Crippen molar-refractivity contribution in [1.29, 1.82) is 5.26 Å². The molecule has 5 heteroatoms. The van der Waals surface area contributed by atoms with Gasteiger partial charge < -0.3 is 5.32 Å². The highest BCUT2D eigenvalue weighted by molar-refractivity contribution is 6.31. The Morgan fingerprint density at radius 3 is 2.36 bits per heavy atom. The standard InChI is InChI=1S/C13H14ClN3O.2C2H6/c1-2-9-7-16-11(6-10(9)14)12(18)17-13(8-15)4-3-5-13;2*1-2/h6-7H,2-5H2,1H3,(H,17,18);2*1-2H3. The van der Waals surface area contributed by atoms with Crippen LogP contribution in [0.15, 0.2) is 12.3 Å². The van der Waals surface area contributed by atoms with Crippen molar-refractivity contribution in [2.75, 3.05) is 0 Å². The highest BCUT2D eigenvalue weighted by Gasteiger charge is 2.39. The number of carbonyl (C=O) groups excluding carboxylic acids is 1. The number of nitrogens with zero attached hydrogens (tertiary/aromatic N) is 2. The molecule has 22 heavy (non-hydrogen) atoms. The predicted octanol–water partition coefficient (Wildman–Crippen LogP) is 4.53. The average Bonchev–Trinajstić information content (AvgIpc) is 2.54. The summed E-state index contributed by atoms with van der Waals surface area (Å²) in [5.74, 6) is -0.333. The van der Waals surface area contributed by atoms with Gasteiger partial charge in [-0.05, 0) is 37.3 Å². The quantitative estimate of drug-likeness (QED) is 0.888. The summed E-state index contributed by atoms with van der Waals surface area (Å²) in [6.45, 7) is 9.97. The molecule has 1 fully saturated rings. The SMILES string of the molecule is CC.CC.CCc1cnc(C(=O)NC2(C#N)CCC2)cc1Cl. The highest BCUT2D eigenvalue weighted by atomic mass is 35.5. The molecule has 1 aromatic rings. The van der Waals surface area contributed by atoms with Crippen LogP contribution in [0.2, 0.25) is 5.02 Å². The lowest BCUT2D eigenvalue weighted by molar-refractivity contribution is 0.0876. The highest BCUT2D eigenvalue weighted by Crippen LogP contribution is 2.31. The fourth-order valence-corrected chi connectivity index (χ4v) is 2.21. The topological polar surface area (TPSA) is 65.8 Å². The van der Waals surface area contributed by atoms with Crippen LogP contribution in [-0.4, -0.2) is 16.4 Å². The van der Waals surface area contributed by atoms with Crippen LogP contribution in [0, 0.1) is 11.3 Å². The number of carbonyl (C=O) groups is 1. The first-order valence-electron chi connectivity index (χ1n) is 7.98. The van der Waals surface area contributed by atoms with E-state index >= 15 is 0 Å². The van der Waals surface area contributed by atoms with Gasteiger partial charge >= 0.3 is 0 Å². The number of pyridine rings is 1. The number of aromatic nitrogens is 1. The molecule has 1 aliphatic carbocycles. The molecule has 0 atom stereocenters. The van der Waals surface area contributed by atoms with Crippen LogP contribution in [-0.2, 0) is 6.42 Å². The van der Waals surface area contributed by atoms with Crippen LogP contribution >= 0.6 is 11.6 Å². The fourth-order valence-electron chi connectivity index (χ4n) is 1.92. The van der Waals surface area contributed by atoms with Crippen molar-refractivity contribution in [3.8, 4) is 6.07 Å². The number of rotatable bonds is 3. The molecule has 1 heterocycles. The summed E-state index contributed by atoms with van der Waals surface area (Å²) >= 11 is 6.04. The van der Waals surface area contributed by atoms with Gasteiger partial charge in [0.1, 0.15) is 11.2 Å². The molecular formula is C17H26ClN3O. The number of amides is 1. The summed E-state index contributed by atoms with van der Waals surface area (Å²) in [6, 6.07) is 3.72. The maximum absolute atomic E-state index is 12.0. The van der Waals surface area contributed by atoms with E-state index in [1.165, 1.54) is 0 Å². The molecule has 0 spiro atoms. The molecule has 1 aromatic heterocycles. The minimum atomic E-state index is -0.700. The second-order valence-corrected chi connectivity index (χ2v) is 4.92. The summed E-state index contributed by atoms with van der Waals surface area (Å²) in [4.78, 5) is 16.1. The molecule has 1 saturated carbocycles. The van der Waals surface area contributed by atoms with Crippen molar-refractivity contribution in [2.24, 2.45) is 0 Å². The van der Waals surface area contributed by atoms with E-state index in [0.717, 1.165) is 18.4 Å². The maximum Gasteiger partial charge on any atom is 0.271 e. The fraction of sp³-hybridized carbons (Fsp3) is 0.588. The second kappa shape index (κ2) is 10.2. The van der Waals surface area contributed by atoms with Gasteiger partial charge in [-0.1, -0.05) is 46.2 Å². The van der Waals surface area contributed by atoms with E-state index in [0.29, 0.717) is 17.9 Å². The van der Waals surface area contributed by atoms with E-state index in [9.17, 15) is 4.79 Å². The van der Waals surface area contributed by atoms with E-state index in [-0.39, 0.29) is 11.6 Å². The lowest BCUT2D eigenvalue weighted by atomic mass is 9.78. The first kappa shape index (κ1) is 20.4. The van der Waals surface area contributed by atoms with Gasteiger partial charge in [-0.25, -0.2) is 0 Å². The zero-order chi connectivity index (χ0) is 17.2. The molecule has 2 rings (SSSR count). The Morgan fingerprint density at radius 1 is 1.41 bits per heavy atom. The van der Waals surface area contributed by atoms with Crippen LogP contribution in [0.25, 0.3) is 0 Å². The van der Waals surface area contributed by atoms with Gasteiger partial charge in [0.2, 0.25) is 0 Å². The minimum absolute atomic E-state index is 0.263. The smallest absolute Gasteiger partial charge is 0.271 e. The predicted molar refractivity (Wildman–Crippen MR) is 91.0 cm³/mol. The van der Waals surface area contributed by atoms with Crippen molar-refractivity contribution < 1.29 is 4.79 Å². The van der Waals surface area contributed by atoms with Crippen molar-refractivity contribution in [1.82, 2.24) is 10.3 Å². The Labute approximate surface area is 138 Å². The van der Waals surface area contributed by atoms with Gasteiger partial charge in [0, 0.05) is 11.2 Å². The van der Waals surface area contributed by atoms with Gasteiger partial charge in [-0.3, -0.25) is 9.78 Å². The van der Waals surface area contributed by atoms with E-state index < -0.39 is 5.54 Å². The third kappa shape index (κ3) is 4.99. The first-order chi connectivity index (χ1) is 10.6. The molecule has 0 aromatic carbocycles. The summed E-state index contributed by atoms with van der Waals surface area (Å²) in [5.41, 5.74) is 0.472. The van der Waals surface area contributed by atoms with E-state index in [2.05, 4.69) is 16.4 Å². The van der Waals surface area contributed by atoms with Crippen molar-refractivity contribution >= 4 is 17.5 Å². The van der Waals surface area contributed by atoms with Gasteiger partial charge in [0.25, 0.3) is 5.91 Å². The van der Waals surface area contributed by atoms with Crippen LogP contribution < -0.4 is 5.32 Å².